The van der Waals surface area contributed by atoms with Crippen LogP contribution in [0.2, 0.25) is 0 Å². The number of carbonyl (C=O) groups excluding carboxylic acids is 1. The largest absolute Gasteiger partial charge is 0.378 e. The molecule has 3 nitrogen and oxygen atoms in total. The summed E-state index contributed by atoms with van der Waals surface area (Å²) in [4.78, 5) is 14.8. The molecule has 2 fully saturated rings. The predicted octanol–water partition coefficient (Wildman–Crippen LogP) is 3.13. The number of aryl methyl sites for hydroxylation is 2. The number of ketones is 1. The quantitative estimate of drug-likeness (QED) is 0.781. The van der Waals surface area contributed by atoms with E-state index in [0.717, 1.165) is 30.7 Å². The third-order valence-electron chi connectivity index (χ3n) is 4.34. The lowest BCUT2D eigenvalue weighted by atomic mass is 9.82. The summed E-state index contributed by atoms with van der Waals surface area (Å²) in [7, 11) is 0. The third-order valence-corrected chi connectivity index (χ3v) is 5.51. The molecule has 2 atom stereocenters. The van der Waals surface area contributed by atoms with Gasteiger partial charge < -0.3 is 9.47 Å². The van der Waals surface area contributed by atoms with Crippen molar-refractivity contribution in [3.05, 3.63) is 21.4 Å². The summed E-state index contributed by atoms with van der Waals surface area (Å²) < 4.78 is 11.4. The maximum atomic E-state index is 12.6. The molecule has 0 aliphatic carbocycles. The molecule has 104 valence electrons. The molecule has 2 aliphatic heterocycles. The normalized spacial score (nSPS) is 30.9. The smallest absolute Gasteiger partial charge is 0.176 e. The fourth-order valence-electron chi connectivity index (χ4n) is 3.01. The van der Waals surface area contributed by atoms with Gasteiger partial charge in [0.2, 0.25) is 0 Å². The van der Waals surface area contributed by atoms with E-state index in [-0.39, 0.29) is 11.5 Å². The van der Waals surface area contributed by atoms with Crippen molar-refractivity contribution in [2.24, 2.45) is 5.92 Å². The molecule has 0 N–H and O–H groups in total. The molecular weight excluding hydrogens is 260 g/mol. The minimum absolute atomic E-state index is 0.105. The second-order valence-corrected chi connectivity index (χ2v) is 6.99. The summed E-state index contributed by atoms with van der Waals surface area (Å²) in [5.74, 6) is 0.406. The predicted molar refractivity (Wildman–Crippen MR) is 75.0 cm³/mol. The van der Waals surface area contributed by atoms with E-state index < -0.39 is 0 Å². The van der Waals surface area contributed by atoms with E-state index in [4.69, 9.17) is 9.47 Å². The highest BCUT2D eigenvalue weighted by atomic mass is 32.1. The van der Waals surface area contributed by atoms with Gasteiger partial charge in [-0.15, -0.1) is 11.3 Å². The first kappa shape index (κ1) is 13.3. The van der Waals surface area contributed by atoms with Gasteiger partial charge in [-0.1, -0.05) is 0 Å². The molecule has 2 saturated heterocycles. The second kappa shape index (κ2) is 5.00. The van der Waals surface area contributed by atoms with Crippen LogP contribution in [0.25, 0.3) is 0 Å². The Morgan fingerprint density at radius 2 is 2.26 bits per heavy atom. The van der Waals surface area contributed by atoms with Crippen molar-refractivity contribution in [3.63, 3.8) is 0 Å². The molecule has 4 heteroatoms. The molecule has 1 aromatic heterocycles. The molecule has 2 aliphatic rings. The van der Waals surface area contributed by atoms with E-state index in [1.54, 1.807) is 11.3 Å². The molecule has 0 saturated carbocycles. The summed E-state index contributed by atoms with van der Waals surface area (Å²) in [5, 5.41) is 0. The highest BCUT2D eigenvalue weighted by Gasteiger charge is 2.43. The van der Waals surface area contributed by atoms with Gasteiger partial charge in [0.1, 0.15) is 0 Å². The van der Waals surface area contributed by atoms with Crippen molar-refractivity contribution in [1.29, 1.82) is 0 Å². The van der Waals surface area contributed by atoms with Crippen LogP contribution in [-0.2, 0) is 9.47 Å². The average molecular weight is 280 g/mol. The number of Topliss-reactive ketones (excluding diaryl/α,β-unsaturated/α-hetero) is 1. The second-order valence-electron chi connectivity index (χ2n) is 5.74. The lowest BCUT2D eigenvalue weighted by molar-refractivity contribution is -0.0920. The van der Waals surface area contributed by atoms with Crippen LogP contribution in [0.4, 0.5) is 0 Å². The monoisotopic (exact) mass is 280 g/mol. The van der Waals surface area contributed by atoms with Gasteiger partial charge in [-0.25, -0.2) is 0 Å². The highest BCUT2D eigenvalue weighted by molar-refractivity contribution is 7.14. The molecule has 0 bridgehead atoms. The number of carbonyl (C=O) groups is 1. The fourth-order valence-corrected chi connectivity index (χ4v) is 4.06. The van der Waals surface area contributed by atoms with Crippen LogP contribution in [-0.4, -0.2) is 31.2 Å². The Labute approximate surface area is 117 Å². The van der Waals surface area contributed by atoms with Crippen molar-refractivity contribution >= 4 is 17.1 Å². The van der Waals surface area contributed by atoms with Crippen LogP contribution in [0.3, 0.4) is 0 Å². The van der Waals surface area contributed by atoms with Crippen LogP contribution in [0.5, 0.6) is 0 Å². The fraction of sp³-hybridized carbons (Fsp3) is 0.667. The Morgan fingerprint density at radius 3 is 2.89 bits per heavy atom. The third kappa shape index (κ3) is 2.49. The minimum Gasteiger partial charge on any atom is -0.378 e. The van der Waals surface area contributed by atoms with E-state index in [0.29, 0.717) is 19.0 Å². The van der Waals surface area contributed by atoms with Crippen molar-refractivity contribution in [3.8, 4) is 0 Å². The molecular formula is C15H20O3S. The van der Waals surface area contributed by atoms with Crippen molar-refractivity contribution < 1.29 is 14.3 Å². The van der Waals surface area contributed by atoms with Crippen LogP contribution >= 0.6 is 11.3 Å². The topological polar surface area (TPSA) is 35.5 Å². The number of thiophene rings is 1. The van der Waals surface area contributed by atoms with E-state index in [1.165, 1.54) is 10.4 Å². The molecule has 1 aromatic rings. The number of ether oxygens (including phenoxy) is 2. The minimum atomic E-state index is -0.181. The van der Waals surface area contributed by atoms with Gasteiger partial charge in [-0.2, -0.15) is 0 Å². The Balaban J connectivity index is 1.76. The zero-order chi connectivity index (χ0) is 13.5. The zero-order valence-corrected chi connectivity index (χ0v) is 12.3. The first-order valence-corrected chi connectivity index (χ1v) is 7.74. The number of hydrogen-bond donors (Lipinski definition) is 0. The molecule has 1 spiro atoms. The Morgan fingerprint density at radius 1 is 1.42 bits per heavy atom. The Kier molecular flexibility index (Phi) is 3.50. The SMILES string of the molecule is Cc1cc(C(=O)C2CCOC3(CCOC3)C2)sc1C. The number of hydrogen-bond acceptors (Lipinski definition) is 4. The molecule has 0 radical (unpaired) electrons. The first-order chi connectivity index (χ1) is 9.10. The van der Waals surface area contributed by atoms with Crippen LogP contribution < -0.4 is 0 Å². The summed E-state index contributed by atoms with van der Waals surface area (Å²) in [6.07, 6.45) is 2.59. The van der Waals surface area contributed by atoms with E-state index in [2.05, 4.69) is 13.8 Å². The lowest BCUT2D eigenvalue weighted by Crippen LogP contribution is -2.42. The molecule has 0 amide bonds. The van der Waals surface area contributed by atoms with Gasteiger partial charge in [0, 0.05) is 30.4 Å². The van der Waals surface area contributed by atoms with Gasteiger partial charge in [0.25, 0.3) is 0 Å². The van der Waals surface area contributed by atoms with Crippen molar-refractivity contribution in [1.82, 2.24) is 0 Å². The van der Waals surface area contributed by atoms with E-state index in [1.807, 2.05) is 6.07 Å². The Hall–Kier alpha value is -0.710. The first-order valence-electron chi connectivity index (χ1n) is 6.93. The zero-order valence-electron chi connectivity index (χ0n) is 11.5. The van der Waals surface area contributed by atoms with Gasteiger partial charge in [-0.05, 0) is 38.3 Å². The lowest BCUT2D eigenvalue weighted by Gasteiger charge is -2.36. The van der Waals surface area contributed by atoms with Crippen LogP contribution in [0.15, 0.2) is 6.07 Å². The summed E-state index contributed by atoms with van der Waals surface area (Å²) in [5.41, 5.74) is 1.04. The molecule has 2 unspecified atom stereocenters. The van der Waals surface area contributed by atoms with Crippen molar-refractivity contribution in [2.75, 3.05) is 19.8 Å². The van der Waals surface area contributed by atoms with Gasteiger partial charge in [0.15, 0.2) is 5.78 Å². The average Bonchev–Trinajstić information content (AvgIpc) is 2.97. The van der Waals surface area contributed by atoms with Crippen molar-refractivity contribution in [2.45, 2.75) is 38.7 Å². The van der Waals surface area contributed by atoms with Gasteiger partial charge in [0.05, 0.1) is 17.1 Å². The van der Waals surface area contributed by atoms with Crippen LogP contribution in [0.1, 0.15) is 39.4 Å². The molecule has 19 heavy (non-hydrogen) atoms. The maximum Gasteiger partial charge on any atom is 0.176 e. The number of rotatable bonds is 2. The van der Waals surface area contributed by atoms with Crippen LogP contribution in [0, 0.1) is 19.8 Å². The maximum absolute atomic E-state index is 12.6. The van der Waals surface area contributed by atoms with Gasteiger partial charge >= 0.3 is 0 Å². The molecule has 0 aromatic carbocycles. The van der Waals surface area contributed by atoms with Gasteiger partial charge in [-0.3, -0.25) is 4.79 Å². The molecule has 3 heterocycles. The summed E-state index contributed by atoms with van der Waals surface area (Å²) in [6.45, 7) is 6.24. The summed E-state index contributed by atoms with van der Waals surface area (Å²) in [6, 6.07) is 2.04. The van der Waals surface area contributed by atoms with E-state index in [9.17, 15) is 4.79 Å². The summed E-state index contributed by atoms with van der Waals surface area (Å²) >= 11 is 1.63. The Bertz CT molecular complexity index is 466. The standard InChI is InChI=1S/C15H20O3S/c1-10-7-13(19-11(10)2)14(16)12-3-5-18-15(8-12)4-6-17-9-15/h7,12H,3-6,8-9H2,1-2H3. The van der Waals surface area contributed by atoms with E-state index >= 15 is 0 Å². The molecule has 3 rings (SSSR count). The highest BCUT2D eigenvalue weighted by Crippen LogP contribution is 2.38.